The number of carbonyl (C=O) groups excluding carboxylic acids is 1. The molecular formula is C16H25NO2S. The average molecular weight is 295 g/mol. The topological polar surface area (TPSA) is 38.3 Å². The SMILES string of the molecule is Cc1cccc(OCCSC(C)C(=O)NC(C)(C)C)c1. The van der Waals surface area contributed by atoms with Crippen LogP contribution in [-0.4, -0.2) is 29.1 Å². The van der Waals surface area contributed by atoms with Crippen LogP contribution in [0.15, 0.2) is 24.3 Å². The number of hydrogen-bond donors (Lipinski definition) is 1. The summed E-state index contributed by atoms with van der Waals surface area (Å²) in [6, 6.07) is 7.99. The fourth-order valence-electron chi connectivity index (χ4n) is 1.64. The average Bonchev–Trinajstić information content (AvgIpc) is 2.32. The quantitative estimate of drug-likeness (QED) is 0.817. The number of rotatable bonds is 6. The van der Waals surface area contributed by atoms with E-state index >= 15 is 0 Å². The van der Waals surface area contributed by atoms with Crippen LogP contribution >= 0.6 is 11.8 Å². The number of benzene rings is 1. The van der Waals surface area contributed by atoms with Gasteiger partial charge in [-0.05, 0) is 52.3 Å². The molecule has 1 aromatic rings. The monoisotopic (exact) mass is 295 g/mol. The van der Waals surface area contributed by atoms with Crippen LogP contribution in [0.3, 0.4) is 0 Å². The first-order valence-corrected chi connectivity index (χ1v) is 7.96. The van der Waals surface area contributed by atoms with E-state index in [-0.39, 0.29) is 16.7 Å². The Labute approximate surface area is 126 Å². The van der Waals surface area contributed by atoms with Gasteiger partial charge in [0.15, 0.2) is 0 Å². The van der Waals surface area contributed by atoms with Gasteiger partial charge in [0.1, 0.15) is 5.75 Å². The largest absolute Gasteiger partial charge is 0.493 e. The lowest BCUT2D eigenvalue weighted by molar-refractivity contribution is -0.121. The van der Waals surface area contributed by atoms with Crippen LogP contribution in [0.5, 0.6) is 5.75 Å². The fourth-order valence-corrected chi connectivity index (χ4v) is 2.38. The van der Waals surface area contributed by atoms with E-state index in [1.807, 2.05) is 58.9 Å². The summed E-state index contributed by atoms with van der Waals surface area (Å²) in [5, 5.41) is 2.92. The van der Waals surface area contributed by atoms with E-state index in [2.05, 4.69) is 5.32 Å². The van der Waals surface area contributed by atoms with Gasteiger partial charge in [-0.15, -0.1) is 11.8 Å². The highest BCUT2D eigenvalue weighted by Gasteiger charge is 2.19. The normalized spacial score (nSPS) is 12.8. The molecule has 0 aliphatic heterocycles. The minimum atomic E-state index is -0.177. The van der Waals surface area contributed by atoms with Crippen molar-refractivity contribution < 1.29 is 9.53 Å². The first kappa shape index (κ1) is 16.9. The minimum absolute atomic E-state index is 0.0599. The molecule has 0 aliphatic rings. The molecule has 20 heavy (non-hydrogen) atoms. The van der Waals surface area contributed by atoms with Crippen molar-refractivity contribution in [2.24, 2.45) is 0 Å². The van der Waals surface area contributed by atoms with E-state index in [4.69, 9.17) is 4.74 Å². The van der Waals surface area contributed by atoms with Crippen molar-refractivity contribution in [2.75, 3.05) is 12.4 Å². The molecule has 4 heteroatoms. The predicted octanol–water partition coefficient (Wildman–Crippen LogP) is 3.41. The molecular weight excluding hydrogens is 270 g/mol. The Morgan fingerprint density at radius 1 is 1.40 bits per heavy atom. The van der Waals surface area contributed by atoms with Crippen molar-refractivity contribution in [3.05, 3.63) is 29.8 Å². The minimum Gasteiger partial charge on any atom is -0.493 e. The van der Waals surface area contributed by atoms with Gasteiger partial charge >= 0.3 is 0 Å². The Balaban J connectivity index is 2.25. The van der Waals surface area contributed by atoms with Gasteiger partial charge in [0.05, 0.1) is 11.9 Å². The second kappa shape index (κ2) is 7.58. The molecule has 1 amide bonds. The number of ether oxygens (including phenoxy) is 1. The molecule has 0 bridgehead atoms. The summed E-state index contributed by atoms with van der Waals surface area (Å²) >= 11 is 1.61. The van der Waals surface area contributed by atoms with Crippen LogP contribution in [-0.2, 0) is 4.79 Å². The fraction of sp³-hybridized carbons (Fsp3) is 0.562. The van der Waals surface area contributed by atoms with Gasteiger partial charge in [0.2, 0.25) is 5.91 Å². The lowest BCUT2D eigenvalue weighted by Gasteiger charge is -2.23. The molecule has 0 heterocycles. The summed E-state index contributed by atoms with van der Waals surface area (Å²) in [7, 11) is 0. The van der Waals surface area contributed by atoms with Crippen molar-refractivity contribution in [3.8, 4) is 5.75 Å². The van der Waals surface area contributed by atoms with Crippen LogP contribution in [0.25, 0.3) is 0 Å². The number of hydrogen-bond acceptors (Lipinski definition) is 3. The summed E-state index contributed by atoms with van der Waals surface area (Å²) in [5.41, 5.74) is 1.01. The Morgan fingerprint density at radius 2 is 2.10 bits per heavy atom. The number of carbonyl (C=O) groups is 1. The highest BCUT2D eigenvalue weighted by Crippen LogP contribution is 2.15. The van der Waals surface area contributed by atoms with Crippen LogP contribution < -0.4 is 10.1 Å². The zero-order valence-corrected chi connectivity index (χ0v) is 13.8. The summed E-state index contributed by atoms with van der Waals surface area (Å²) in [6.45, 7) is 10.6. The van der Waals surface area contributed by atoms with Crippen LogP contribution in [0, 0.1) is 6.92 Å². The van der Waals surface area contributed by atoms with E-state index < -0.39 is 0 Å². The maximum absolute atomic E-state index is 11.9. The van der Waals surface area contributed by atoms with E-state index in [0.29, 0.717) is 6.61 Å². The molecule has 112 valence electrons. The zero-order chi connectivity index (χ0) is 15.2. The van der Waals surface area contributed by atoms with Crippen molar-refractivity contribution in [1.82, 2.24) is 5.32 Å². The third-order valence-electron chi connectivity index (χ3n) is 2.58. The third kappa shape index (κ3) is 6.85. The Kier molecular flexibility index (Phi) is 6.40. The first-order valence-electron chi connectivity index (χ1n) is 6.91. The van der Waals surface area contributed by atoms with Gasteiger partial charge in [0.25, 0.3) is 0 Å². The van der Waals surface area contributed by atoms with Crippen molar-refractivity contribution >= 4 is 17.7 Å². The van der Waals surface area contributed by atoms with Crippen LogP contribution in [0.1, 0.15) is 33.3 Å². The molecule has 1 N–H and O–H groups in total. The van der Waals surface area contributed by atoms with Crippen molar-refractivity contribution in [1.29, 1.82) is 0 Å². The standard InChI is InChI=1S/C16H25NO2S/c1-12-7-6-8-14(11-12)19-9-10-20-13(2)15(18)17-16(3,4)5/h6-8,11,13H,9-10H2,1-5H3,(H,17,18). The molecule has 0 saturated carbocycles. The zero-order valence-electron chi connectivity index (χ0n) is 13.0. The molecule has 1 unspecified atom stereocenters. The highest BCUT2D eigenvalue weighted by molar-refractivity contribution is 8.00. The molecule has 0 spiro atoms. The van der Waals surface area contributed by atoms with Gasteiger partial charge in [-0.1, -0.05) is 12.1 Å². The molecule has 1 atom stereocenters. The summed E-state index contributed by atoms with van der Waals surface area (Å²) in [5.74, 6) is 1.77. The lowest BCUT2D eigenvalue weighted by Crippen LogP contribution is -2.44. The Hall–Kier alpha value is -1.16. The Morgan fingerprint density at radius 3 is 2.70 bits per heavy atom. The van der Waals surface area contributed by atoms with E-state index in [1.165, 1.54) is 5.56 Å². The molecule has 0 aliphatic carbocycles. The molecule has 0 fully saturated rings. The summed E-state index contributed by atoms with van der Waals surface area (Å²) in [6.07, 6.45) is 0. The van der Waals surface area contributed by atoms with Gasteiger partial charge in [0, 0.05) is 11.3 Å². The summed E-state index contributed by atoms with van der Waals surface area (Å²) in [4.78, 5) is 11.9. The molecule has 0 aromatic heterocycles. The smallest absolute Gasteiger partial charge is 0.233 e. The number of nitrogens with one attached hydrogen (secondary N) is 1. The first-order chi connectivity index (χ1) is 9.28. The van der Waals surface area contributed by atoms with Crippen molar-refractivity contribution in [3.63, 3.8) is 0 Å². The molecule has 0 saturated heterocycles. The van der Waals surface area contributed by atoms with Crippen LogP contribution in [0.2, 0.25) is 0 Å². The van der Waals surface area contributed by atoms with Gasteiger partial charge in [-0.3, -0.25) is 4.79 Å². The van der Waals surface area contributed by atoms with E-state index in [1.54, 1.807) is 11.8 Å². The molecule has 0 radical (unpaired) electrons. The number of amides is 1. The molecule has 3 nitrogen and oxygen atoms in total. The Bertz CT molecular complexity index is 440. The molecule has 1 rings (SSSR count). The van der Waals surface area contributed by atoms with Gasteiger partial charge in [-0.2, -0.15) is 0 Å². The van der Waals surface area contributed by atoms with Crippen molar-refractivity contribution in [2.45, 2.75) is 45.4 Å². The van der Waals surface area contributed by atoms with E-state index in [0.717, 1.165) is 11.5 Å². The lowest BCUT2D eigenvalue weighted by atomic mass is 10.1. The van der Waals surface area contributed by atoms with E-state index in [9.17, 15) is 4.79 Å². The molecule has 1 aromatic carbocycles. The van der Waals surface area contributed by atoms with Gasteiger partial charge < -0.3 is 10.1 Å². The second-order valence-electron chi connectivity index (χ2n) is 5.92. The van der Waals surface area contributed by atoms with Gasteiger partial charge in [-0.25, -0.2) is 0 Å². The second-order valence-corrected chi connectivity index (χ2v) is 7.37. The summed E-state index contributed by atoms with van der Waals surface area (Å²) < 4.78 is 5.67. The van der Waals surface area contributed by atoms with Crippen LogP contribution in [0.4, 0.5) is 0 Å². The number of thioether (sulfide) groups is 1. The highest BCUT2D eigenvalue weighted by atomic mass is 32.2. The number of aryl methyl sites for hydroxylation is 1. The predicted molar refractivity (Wildman–Crippen MR) is 86.5 cm³/mol. The maximum atomic E-state index is 11.9. The third-order valence-corrected chi connectivity index (χ3v) is 3.69. The maximum Gasteiger partial charge on any atom is 0.233 e.